The minimum absolute atomic E-state index is 0.177. The molecule has 2 aliphatic heterocycles. The van der Waals surface area contributed by atoms with Crippen molar-refractivity contribution in [1.82, 2.24) is 19.6 Å². The largest absolute Gasteiger partial charge is 0.450 e. The summed E-state index contributed by atoms with van der Waals surface area (Å²) in [6, 6.07) is 0. The van der Waals surface area contributed by atoms with Gasteiger partial charge in [-0.25, -0.2) is 19.2 Å². The van der Waals surface area contributed by atoms with Gasteiger partial charge in [0.25, 0.3) is 0 Å². The van der Waals surface area contributed by atoms with Crippen LogP contribution in [0.15, 0.2) is 0 Å². The minimum atomic E-state index is -2.10. The van der Waals surface area contributed by atoms with Gasteiger partial charge in [0.1, 0.15) is 0 Å². The molecule has 4 unspecified atom stereocenters. The van der Waals surface area contributed by atoms with Crippen molar-refractivity contribution in [2.45, 2.75) is 64.9 Å². The Labute approximate surface area is 194 Å². The van der Waals surface area contributed by atoms with Gasteiger partial charge >= 0.3 is 24.4 Å². The zero-order chi connectivity index (χ0) is 25.7. The standard InChI is InChI=1S/C18H30N4O12/c1-5-31-15(27)19-9(20(12(24)11(19)23)16(28)32-6-2)10-21(17(29)33-7-3)13(25)14(26)22(10)18(30)34-8-4/h9-14,23-26H,5-8H2,1-4H3. The quantitative estimate of drug-likeness (QED) is 0.332. The van der Waals surface area contributed by atoms with Crippen LogP contribution < -0.4 is 0 Å². The third-order valence-corrected chi connectivity index (χ3v) is 4.99. The Morgan fingerprint density at radius 1 is 0.500 bits per heavy atom. The van der Waals surface area contributed by atoms with Gasteiger partial charge in [-0.1, -0.05) is 0 Å². The van der Waals surface area contributed by atoms with Crippen molar-refractivity contribution in [1.29, 1.82) is 0 Å². The highest BCUT2D eigenvalue weighted by atomic mass is 16.6. The topological polar surface area (TPSA) is 199 Å². The fraction of sp³-hybridized carbons (Fsp3) is 0.778. The van der Waals surface area contributed by atoms with E-state index in [1.807, 2.05) is 0 Å². The molecule has 34 heavy (non-hydrogen) atoms. The molecule has 0 aliphatic carbocycles. The van der Waals surface area contributed by atoms with Crippen molar-refractivity contribution in [2.24, 2.45) is 0 Å². The Morgan fingerprint density at radius 3 is 0.824 bits per heavy atom. The molecule has 0 radical (unpaired) electrons. The third-order valence-electron chi connectivity index (χ3n) is 4.99. The van der Waals surface area contributed by atoms with Crippen LogP contribution in [-0.4, -0.2) is 128 Å². The summed E-state index contributed by atoms with van der Waals surface area (Å²) in [7, 11) is 0. The van der Waals surface area contributed by atoms with Crippen LogP contribution in [0.5, 0.6) is 0 Å². The Morgan fingerprint density at radius 2 is 0.676 bits per heavy atom. The molecule has 2 heterocycles. The van der Waals surface area contributed by atoms with Crippen molar-refractivity contribution in [3.63, 3.8) is 0 Å². The van der Waals surface area contributed by atoms with Crippen molar-refractivity contribution in [3.8, 4) is 0 Å². The molecule has 0 aromatic heterocycles. The molecule has 2 aliphatic rings. The Bertz CT molecular complexity index is 647. The van der Waals surface area contributed by atoms with E-state index >= 15 is 0 Å². The second kappa shape index (κ2) is 11.4. The first-order chi connectivity index (χ1) is 16.1. The van der Waals surface area contributed by atoms with Crippen LogP contribution in [0.2, 0.25) is 0 Å². The average molecular weight is 494 g/mol. The molecule has 2 fully saturated rings. The van der Waals surface area contributed by atoms with Gasteiger partial charge in [-0.15, -0.1) is 0 Å². The first kappa shape index (κ1) is 27.2. The molecule has 4 N–H and O–H groups in total. The lowest BCUT2D eigenvalue weighted by Gasteiger charge is -2.39. The zero-order valence-corrected chi connectivity index (χ0v) is 19.1. The number of hydrogen-bond acceptors (Lipinski definition) is 12. The number of ether oxygens (including phenoxy) is 4. The number of aliphatic hydroxyl groups is 4. The molecule has 0 saturated carbocycles. The summed E-state index contributed by atoms with van der Waals surface area (Å²) in [6.45, 7) is 5.10. The molecule has 4 amide bonds. The van der Waals surface area contributed by atoms with E-state index < -0.39 is 61.6 Å². The normalized spacial score (nSPS) is 28.7. The van der Waals surface area contributed by atoms with Gasteiger partial charge in [0.2, 0.25) is 0 Å². The summed E-state index contributed by atoms with van der Waals surface area (Å²) in [6.07, 6.45) is -17.2. The summed E-state index contributed by atoms with van der Waals surface area (Å²) in [5.41, 5.74) is 0. The van der Waals surface area contributed by atoms with Crippen molar-refractivity contribution in [2.75, 3.05) is 26.4 Å². The number of aliphatic hydroxyl groups excluding tert-OH is 4. The number of hydrogen-bond donors (Lipinski definition) is 4. The molecular formula is C18H30N4O12. The van der Waals surface area contributed by atoms with Crippen molar-refractivity contribution < 1.29 is 58.6 Å². The molecule has 194 valence electrons. The van der Waals surface area contributed by atoms with E-state index in [-0.39, 0.29) is 26.4 Å². The van der Waals surface area contributed by atoms with Gasteiger partial charge in [0.15, 0.2) is 37.2 Å². The van der Waals surface area contributed by atoms with Gasteiger partial charge in [-0.2, -0.15) is 0 Å². The lowest BCUT2D eigenvalue weighted by molar-refractivity contribution is -0.0598. The Kier molecular flexibility index (Phi) is 9.08. The van der Waals surface area contributed by atoms with E-state index in [1.165, 1.54) is 27.7 Å². The maximum absolute atomic E-state index is 12.7. The molecule has 2 saturated heterocycles. The van der Waals surface area contributed by atoms with Crippen molar-refractivity contribution in [3.05, 3.63) is 0 Å². The number of amides is 4. The monoisotopic (exact) mass is 494 g/mol. The Hall–Kier alpha value is -3.08. The van der Waals surface area contributed by atoms with Gasteiger partial charge in [-0.05, 0) is 27.7 Å². The fourth-order valence-corrected chi connectivity index (χ4v) is 3.70. The summed E-state index contributed by atoms with van der Waals surface area (Å²) < 4.78 is 19.6. The van der Waals surface area contributed by atoms with E-state index in [0.717, 1.165) is 0 Å². The van der Waals surface area contributed by atoms with Crippen LogP contribution in [0.3, 0.4) is 0 Å². The van der Waals surface area contributed by atoms with Gasteiger partial charge in [0, 0.05) is 0 Å². The molecular weight excluding hydrogens is 464 g/mol. The SMILES string of the molecule is CCOC(=O)N1C(O)C(O)N(C(=O)OCC)C1C1N(C(=O)OCC)C(O)C(O)N1C(=O)OCC. The van der Waals surface area contributed by atoms with E-state index in [2.05, 4.69) is 0 Å². The lowest BCUT2D eigenvalue weighted by Crippen LogP contribution is -2.63. The van der Waals surface area contributed by atoms with Crippen LogP contribution in [0, 0.1) is 0 Å². The minimum Gasteiger partial charge on any atom is -0.450 e. The number of carbonyl (C=O) groups is 4. The molecule has 0 bridgehead atoms. The van der Waals surface area contributed by atoms with Crippen LogP contribution in [0.25, 0.3) is 0 Å². The van der Waals surface area contributed by atoms with E-state index in [0.29, 0.717) is 19.6 Å². The van der Waals surface area contributed by atoms with Gasteiger partial charge < -0.3 is 39.4 Å². The average Bonchev–Trinajstić information content (AvgIpc) is 3.19. The number of rotatable bonds is 5. The zero-order valence-electron chi connectivity index (χ0n) is 19.1. The molecule has 2 rings (SSSR count). The second-order valence-corrected chi connectivity index (χ2v) is 6.91. The predicted octanol–water partition coefficient (Wildman–Crippen LogP) is -1.23. The van der Waals surface area contributed by atoms with Gasteiger partial charge in [0.05, 0.1) is 26.4 Å². The molecule has 16 heteroatoms. The van der Waals surface area contributed by atoms with Gasteiger partial charge in [-0.3, -0.25) is 19.6 Å². The van der Waals surface area contributed by atoms with Crippen LogP contribution in [-0.2, 0) is 18.9 Å². The second-order valence-electron chi connectivity index (χ2n) is 6.91. The maximum Gasteiger partial charge on any atom is 0.413 e. The summed E-state index contributed by atoms with van der Waals surface area (Å²) in [5, 5.41) is 42.4. The highest BCUT2D eigenvalue weighted by Gasteiger charge is 2.64. The number of carbonyl (C=O) groups excluding carboxylic acids is 4. The molecule has 16 nitrogen and oxygen atoms in total. The highest BCUT2D eigenvalue weighted by molar-refractivity contribution is 5.77. The molecule has 0 spiro atoms. The van der Waals surface area contributed by atoms with Crippen LogP contribution in [0.4, 0.5) is 19.2 Å². The van der Waals surface area contributed by atoms with Crippen LogP contribution in [0.1, 0.15) is 27.7 Å². The van der Waals surface area contributed by atoms with E-state index in [4.69, 9.17) is 18.9 Å². The Balaban J connectivity index is 2.72. The van der Waals surface area contributed by atoms with Crippen LogP contribution >= 0.6 is 0 Å². The third kappa shape index (κ3) is 4.75. The van der Waals surface area contributed by atoms with Crippen molar-refractivity contribution >= 4 is 24.4 Å². The summed E-state index contributed by atoms with van der Waals surface area (Å²) >= 11 is 0. The lowest BCUT2D eigenvalue weighted by atomic mass is 10.3. The summed E-state index contributed by atoms with van der Waals surface area (Å²) in [4.78, 5) is 52.8. The molecule has 0 aromatic carbocycles. The first-order valence-corrected chi connectivity index (χ1v) is 10.6. The number of nitrogens with zero attached hydrogens (tertiary/aromatic N) is 4. The maximum atomic E-state index is 12.7. The fourth-order valence-electron chi connectivity index (χ4n) is 3.70. The van der Waals surface area contributed by atoms with E-state index in [1.54, 1.807) is 0 Å². The first-order valence-electron chi connectivity index (χ1n) is 10.6. The predicted molar refractivity (Wildman–Crippen MR) is 107 cm³/mol. The highest BCUT2D eigenvalue weighted by Crippen LogP contribution is 2.37. The molecule has 0 aromatic rings. The van der Waals surface area contributed by atoms with E-state index in [9.17, 15) is 39.6 Å². The molecule has 4 atom stereocenters. The smallest absolute Gasteiger partial charge is 0.413 e. The summed E-state index contributed by atoms with van der Waals surface area (Å²) in [5.74, 6) is 0.